The Labute approximate surface area is 178 Å². The molecular formula is C21H24FN3O6. The van der Waals surface area contributed by atoms with Gasteiger partial charge >= 0.3 is 5.69 Å². The van der Waals surface area contributed by atoms with Crippen molar-refractivity contribution in [1.82, 2.24) is 10.2 Å². The minimum atomic E-state index is -0.752. The van der Waals surface area contributed by atoms with Gasteiger partial charge < -0.3 is 19.7 Å². The van der Waals surface area contributed by atoms with Crippen molar-refractivity contribution >= 4 is 17.5 Å². The van der Waals surface area contributed by atoms with E-state index in [-0.39, 0.29) is 29.6 Å². The summed E-state index contributed by atoms with van der Waals surface area (Å²) in [5, 5.41) is 13.5. The number of methoxy groups -OCH3 is 1. The molecule has 0 saturated heterocycles. The number of hydrogen-bond donors (Lipinski definition) is 1. The molecular weight excluding hydrogens is 409 g/mol. The molecule has 1 atom stereocenters. The highest BCUT2D eigenvalue weighted by atomic mass is 19.1. The van der Waals surface area contributed by atoms with Crippen molar-refractivity contribution in [2.75, 3.05) is 20.8 Å². The largest absolute Gasteiger partial charge is 0.490 e. The van der Waals surface area contributed by atoms with E-state index in [9.17, 15) is 24.1 Å². The van der Waals surface area contributed by atoms with E-state index in [1.165, 1.54) is 61.5 Å². The Bertz CT molecular complexity index is 935. The Hall–Kier alpha value is -3.69. The molecule has 1 N–H and O–H groups in total. The van der Waals surface area contributed by atoms with Crippen molar-refractivity contribution in [1.29, 1.82) is 0 Å². The van der Waals surface area contributed by atoms with Gasteiger partial charge in [-0.15, -0.1) is 0 Å². The number of likely N-dealkylation sites (N-methyl/N-ethyl adjacent to an activating group) is 1. The maximum atomic E-state index is 13.2. The van der Waals surface area contributed by atoms with E-state index in [2.05, 4.69) is 5.32 Å². The van der Waals surface area contributed by atoms with Gasteiger partial charge in [0.2, 0.25) is 11.7 Å². The molecule has 0 spiro atoms. The smallest absolute Gasteiger partial charge is 0.311 e. The number of ether oxygens (including phenoxy) is 2. The van der Waals surface area contributed by atoms with E-state index in [1.54, 1.807) is 6.92 Å². The normalized spacial score (nSPS) is 11.4. The number of nitrogens with zero attached hydrogens (tertiary/aromatic N) is 2. The number of nitro groups is 1. The molecule has 0 radical (unpaired) electrons. The van der Waals surface area contributed by atoms with E-state index in [0.29, 0.717) is 12.0 Å². The Morgan fingerprint density at radius 1 is 1.23 bits per heavy atom. The topological polar surface area (TPSA) is 111 Å². The van der Waals surface area contributed by atoms with Crippen molar-refractivity contribution < 1.29 is 28.4 Å². The van der Waals surface area contributed by atoms with Crippen molar-refractivity contribution in [2.24, 2.45) is 0 Å². The van der Waals surface area contributed by atoms with Gasteiger partial charge in [0.05, 0.1) is 12.0 Å². The van der Waals surface area contributed by atoms with Crippen LogP contribution in [0.25, 0.3) is 0 Å². The zero-order valence-corrected chi connectivity index (χ0v) is 17.5. The number of amides is 2. The van der Waals surface area contributed by atoms with Gasteiger partial charge in [0.25, 0.3) is 5.91 Å². The summed E-state index contributed by atoms with van der Waals surface area (Å²) in [6.45, 7) is 1.44. The highest BCUT2D eigenvalue weighted by molar-refractivity contribution is 5.88. The van der Waals surface area contributed by atoms with Crippen LogP contribution in [-0.2, 0) is 16.1 Å². The quantitative estimate of drug-likeness (QED) is 0.456. The minimum absolute atomic E-state index is 0.00471. The summed E-state index contributed by atoms with van der Waals surface area (Å²) in [4.78, 5) is 37.0. The lowest BCUT2D eigenvalue weighted by Crippen LogP contribution is -2.49. The van der Waals surface area contributed by atoms with Gasteiger partial charge in [-0.25, -0.2) is 4.39 Å². The molecule has 0 aliphatic carbocycles. The second-order valence-corrected chi connectivity index (χ2v) is 6.57. The fourth-order valence-electron chi connectivity index (χ4n) is 3.00. The first-order chi connectivity index (χ1) is 14.8. The third-order valence-corrected chi connectivity index (χ3v) is 4.61. The molecule has 0 aromatic heterocycles. The molecule has 0 aliphatic rings. The molecule has 2 amide bonds. The van der Waals surface area contributed by atoms with Gasteiger partial charge in [-0.3, -0.25) is 19.7 Å². The Balaban J connectivity index is 2.21. The average Bonchev–Trinajstić information content (AvgIpc) is 2.77. The standard InChI is InChI=1S/C21H24FN3O6/c1-4-17(21(27)23-2)24(12-14-5-7-15(22)8-6-14)20(26)13-31-16-9-10-18(25(28)29)19(11-16)30-3/h5-11,17H,4,12-13H2,1-3H3,(H,23,27)/t17-/m1/s1. The first kappa shape index (κ1) is 23.6. The highest BCUT2D eigenvalue weighted by Crippen LogP contribution is 2.30. The van der Waals surface area contributed by atoms with Gasteiger partial charge in [-0.1, -0.05) is 19.1 Å². The second kappa shape index (κ2) is 10.9. The molecule has 166 valence electrons. The number of hydrogen-bond acceptors (Lipinski definition) is 6. The number of benzene rings is 2. The molecule has 9 nitrogen and oxygen atoms in total. The molecule has 31 heavy (non-hydrogen) atoms. The molecule has 0 saturated carbocycles. The molecule has 0 bridgehead atoms. The summed E-state index contributed by atoms with van der Waals surface area (Å²) in [6.07, 6.45) is 0.359. The fourth-order valence-corrected chi connectivity index (χ4v) is 3.00. The SMILES string of the molecule is CC[C@H](C(=O)NC)N(Cc1ccc(F)cc1)C(=O)COc1ccc([N+](=O)[O-])c(OC)c1. The molecule has 2 aromatic rings. The van der Waals surface area contributed by atoms with Crippen LogP contribution in [-0.4, -0.2) is 48.4 Å². The summed E-state index contributed by atoms with van der Waals surface area (Å²) >= 11 is 0. The number of carbonyl (C=O) groups excluding carboxylic acids is 2. The summed E-state index contributed by atoms with van der Waals surface area (Å²) in [7, 11) is 2.77. The maximum absolute atomic E-state index is 13.2. The Kier molecular flexibility index (Phi) is 8.30. The van der Waals surface area contributed by atoms with Gasteiger partial charge in [0, 0.05) is 25.7 Å². The summed E-state index contributed by atoms with van der Waals surface area (Å²) < 4.78 is 23.7. The Morgan fingerprint density at radius 3 is 2.45 bits per heavy atom. The maximum Gasteiger partial charge on any atom is 0.311 e. The van der Waals surface area contributed by atoms with Crippen LogP contribution < -0.4 is 14.8 Å². The third-order valence-electron chi connectivity index (χ3n) is 4.61. The Morgan fingerprint density at radius 2 is 1.90 bits per heavy atom. The predicted molar refractivity (Wildman–Crippen MR) is 110 cm³/mol. The van der Waals surface area contributed by atoms with E-state index >= 15 is 0 Å². The van der Waals surface area contributed by atoms with Crippen molar-refractivity contribution in [3.05, 3.63) is 64.0 Å². The zero-order valence-electron chi connectivity index (χ0n) is 17.5. The van der Waals surface area contributed by atoms with Crippen LogP contribution in [0.5, 0.6) is 11.5 Å². The number of nitro benzene ring substituents is 1. The zero-order chi connectivity index (χ0) is 23.0. The van der Waals surface area contributed by atoms with Gasteiger partial charge in [-0.05, 0) is 30.2 Å². The van der Waals surface area contributed by atoms with Crippen LogP contribution in [0.1, 0.15) is 18.9 Å². The van der Waals surface area contributed by atoms with E-state index < -0.39 is 29.3 Å². The van der Waals surface area contributed by atoms with Crippen molar-refractivity contribution in [2.45, 2.75) is 25.9 Å². The van der Waals surface area contributed by atoms with Gasteiger partial charge in [0.1, 0.15) is 17.6 Å². The lowest BCUT2D eigenvalue weighted by molar-refractivity contribution is -0.385. The number of nitrogens with one attached hydrogen (secondary N) is 1. The number of carbonyl (C=O) groups is 2. The molecule has 0 unspecified atom stereocenters. The van der Waals surface area contributed by atoms with Crippen LogP contribution in [0, 0.1) is 15.9 Å². The van der Waals surface area contributed by atoms with Crippen LogP contribution >= 0.6 is 0 Å². The molecule has 10 heteroatoms. The predicted octanol–water partition coefficient (Wildman–Crippen LogP) is 2.67. The van der Waals surface area contributed by atoms with E-state index in [4.69, 9.17) is 9.47 Å². The minimum Gasteiger partial charge on any atom is -0.490 e. The lowest BCUT2D eigenvalue weighted by Gasteiger charge is -2.30. The fraction of sp³-hybridized carbons (Fsp3) is 0.333. The van der Waals surface area contributed by atoms with E-state index in [0.717, 1.165) is 0 Å². The first-order valence-corrected chi connectivity index (χ1v) is 9.51. The monoisotopic (exact) mass is 433 g/mol. The highest BCUT2D eigenvalue weighted by Gasteiger charge is 2.28. The molecule has 2 rings (SSSR count). The summed E-state index contributed by atoms with van der Waals surface area (Å²) in [6, 6.07) is 8.76. The molecule has 0 fully saturated rings. The van der Waals surface area contributed by atoms with Crippen molar-refractivity contribution in [3.63, 3.8) is 0 Å². The van der Waals surface area contributed by atoms with Gasteiger partial charge in [0.15, 0.2) is 6.61 Å². The molecule has 0 aliphatic heterocycles. The lowest BCUT2D eigenvalue weighted by atomic mass is 10.1. The molecule has 0 heterocycles. The number of halogens is 1. The van der Waals surface area contributed by atoms with Crippen LogP contribution in [0.15, 0.2) is 42.5 Å². The average molecular weight is 433 g/mol. The van der Waals surface area contributed by atoms with Crippen LogP contribution in [0.2, 0.25) is 0 Å². The number of rotatable bonds is 10. The molecule has 2 aromatic carbocycles. The summed E-state index contributed by atoms with van der Waals surface area (Å²) in [5.74, 6) is -1.03. The van der Waals surface area contributed by atoms with E-state index in [1.807, 2.05) is 0 Å². The first-order valence-electron chi connectivity index (χ1n) is 9.51. The van der Waals surface area contributed by atoms with Crippen LogP contribution in [0.4, 0.5) is 10.1 Å². The third kappa shape index (κ3) is 6.14. The van der Waals surface area contributed by atoms with Crippen molar-refractivity contribution in [3.8, 4) is 11.5 Å². The van der Waals surface area contributed by atoms with Gasteiger partial charge in [-0.2, -0.15) is 0 Å². The van der Waals surface area contributed by atoms with Crippen LogP contribution in [0.3, 0.4) is 0 Å². The summed E-state index contributed by atoms with van der Waals surface area (Å²) in [5.41, 5.74) is 0.416. The second-order valence-electron chi connectivity index (χ2n) is 6.57.